The van der Waals surface area contributed by atoms with Crippen LogP contribution in [0.15, 0.2) is 66.1 Å². The maximum Gasteiger partial charge on any atom is 0.341 e. The quantitative estimate of drug-likeness (QED) is 0.641. The number of para-hydroxylation sites is 2. The van der Waals surface area contributed by atoms with E-state index in [4.69, 9.17) is 15.2 Å². The van der Waals surface area contributed by atoms with Crippen molar-refractivity contribution >= 4 is 17.6 Å². The highest BCUT2D eigenvalue weighted by molar-refractivity contribution is 6.18. The standard InChI is InChI=1S/C24H22N4O4/c1-4-31-22(29)19-20(25)32-21-18(14(2)26-28(21)15-10-6-5-7-11-15)24(19)16-12-8-9-13-17(16)27(3)23(24)30/h5-13H,4,25H2,1-3H3/t24-/m0/s1. The Morgan fingerprint density at radius 3 is 2.56 bits per heavy atom. The van der Waals surface area contributed by atoms with E-state index in [2.05, 4.69) is 5.10 Å². The molecular weight excluding hydrogens is 408 g/mol. The van der Waals surface area contributed by atoms with E-state index in [9.17, 15) is 9.59 Å². The first-order chi connectivity index (χ1) is 15.4. The van der Waals surface area contributed by atoms with Gasteiger partial charge in [-0.05, 0) is 32.0 Å². The minimum Gasteiger partial charge on any atom is -0.462 e. The van der Waals surface area contributed by atoms with E-state index in [1.165, 1.54) is 4.90 Å². The van der Waals surface area contributed by atoms with Crippen molar-refractivity contribution in [2.45, 2.75) is 19.3 Å². The number of amides is 1. The van der Waals surface area contributed by atoms with Gasteiger partial charge in [-0.25, -0.2) is 9.48 Å². The Hall–Kier alpha value is -4.07. The Morgan fingerprint density at radius 1 is 1.16 bits per heavy atom. The zero-order valence-electron chi connectivity index (χ0n) is 18.0. The third kappa shape index (κ3) is 2.40. The molecule has 5 rings (SSSR count). The van der Waals surface area contributed by atoms with E-state index >= 15 is 0 Å². The molecule has 0 fully saturated rings. The molecule has 3 aromatic rings. The minimum atomic E-state index is -1.52. The summed E-state index contributed by atoms with van der Waals surface area (Å²) in [5, 5.41) is 4.67. The number of carbonyl (C=O) groups is 2. The van der Waals surface area contributed by atoms with Crippen molar-refractivity contribution in [3.05, 3.63) is 82.9 Å². The van der Waals surface area contributed by atoms with Crippen molar-refractivity contribution in [1.29, 1.82) is 0 Å². The molecule has 0 saturated carbocycles. The number of carbonyl (C=O) groups excluding carboxylic acids is 2. The number of nitrogens with two attached hydrogens (primary N) is 1. The van der Waals surface area contributed by atoms with E-state index in [1.807, 2.05) is 54.6 Å². The number of rotatable bonds is 3. The zero-order chi connectivity index (χ0) is 22.6. The molecule has 1 aromatic heterocycles. The van der Waals surface area contributed by atoms with Gasteiger partial charge >= 0.3 is 5.97 Å². The number of hydrogen-bond donors (Lipinski definition) is 1. The molecule has 0 radical (unpaired) electrons. The van der Waals surface area contributed by atoms with Gasteiger partial charge in [0.1, 0.15) is 11.0 Å². The lowest BCUT2D eigenvalue weighted by Gasteiger charge is -2.34. The predicted molar refractivity (Wildman–Crippen MR) is 117 cm³/mol. The number of likely N-dealkylation sites (N-methyl/N-ethyl adjacent to an activating group) is 1. The summed E-state index contributed by atoms with van der Waals surface area (Å²) in [5.74, 6) is -0.880. The first-order valence-electron chi connectivity index (χ1n) is 10.3. The number of aryl methyl sites for hydroxylation is 1. The first-order valence-corrected chi connectivity index (χ1v) is 10.3. The van der Waals surface area contributed by atoms with Crippen LogP contribution in [0.2, 0.25) is 0 Å². The fraction of sp³-hybridized carbons (Fsp3) is 0.208. The largest absolute Gasteiger partial charge is 0.462 e. The molecule has 3 heterocycles. The fourth-order valence-corrected chi connectivity index (χ4v) is 4.74. The molecule has 1 amide bonds. The molecule has 0 bridgehead atoms. The second kappa shape index (κ2) is 6.98. The van der Waals surface area contributed by atoms with Crippen LogP contribution in [0.5, 0.6) is 5.88 Å². The third-order valence-corrected chi connectivity index (χ3v) is 6.00. The number of anilines is 1. The molecular formula is C24H22N4O4. The van der Waals surface area contributed by atoms with Gasteiger partial charge in [-0.3, -0.25) is 4.79 Å². The van der Waals surface area contributed by atoms with Crippen LogP contribution in [-0.4, -0.2) is 35.3 Å². The Labute approximate surface area is 184 Å². The molecule has 32 heavy (non-hydrogen) atoms. The van der Waals surface area contributed by atoms with Crippen molar-refractivity contribution in [3.8, 4) is 11.6 Å². The molecule has 2 aliphatic heterocycles. The average molecular weight is 430 g/mol. The Bertz CT molecular complexity index is 1290. The monoisotopic (exact) mass is 430 g/mol. The summed E-state index contributed by atoms with van der Waals surface area (Å²) in [6, 6.07) is 16.8. The Balaban J connectivity index is 1.89. The van der Waals surface area contributed by atoms with Crippen LogP contribution < -0.4 is 15.4 Å². The number of hydrogen-bond acceptors (Lipinski definition) is 6. The summed E-state index contributed by atoms with van der Waals surface area (Å²) in [4.78, 5) is 28.7. The van der Waals surface area contributed by atoms with Crippen molar-refractivity contribution in [2.24, 2.45) is 5.73 Å². The van der Waals surface area contributed by atoms with Crippen LogP contribution in [0.25, 0.3) is 5.69 Å². The van der Waals surface area contributed by atoms with Crippen LogP contribution in [-0.2, 0) is 19.7 Å². The van der Waals surface area contributed by atoms with Gasteiger partial charge in [0.05, 0.1) is 23.6 Å². The molecule has 8 heteroatoms. The van der Waals surface area contributed by atoms with Gasteiger partial charge in [0.2, 0.25) is 17.7 Å². The summed E-state index contributed by atoms with van der Waals surface area (Å²) >= 11 is 0. The molecule has 2 N–H and O–H groups in total. The number of benzene rings is 2. The van der Waals surface area contributed by atoms with E-state index in [0.717, 1.165) is 5.69 Å². The van der Waals surface area contributed by atoms with E-state index in [1.54, 1.807) is 25.6 Å². The highest BCUT2D eigenvalue weighted by Crippen LogP contribution is 2.56. The van der Waals surface area contributed by atoms with Crippen molar-refractivity contribution < 1.29 is 19.1 Å². The number of fused-ring (bicyclic) bond motifs is 4. The maximum atomic E-state index is 14.0. The molecule has 2 aromatic carbocycles. The zero-order valence-corrected chi connectivity index (χ0v) is 18.0. The normalized spacial score (nSPS) is 19.1. The third-order valence-electron chi connectivity index (χ3n) is 6.00. The van der Waals surface area contributed by atoms with Crippen LogP contribution in [0.1, 0.15) is 23.7 Å². The molecule has 1 spiro atoms. The van der Waals surface area contributed by atoms with Gasteiger partial charge in [0, 0.05) is 18.3 Å². The van der Waals surface area contributed by atoms with Crippen LogP contribution in [0.3, 0.4) is 0 Å². The summed E-state index contributed by atoms with van der Waals surface area (Å²) in [6.07, 6.45) is 0. The van der Waals surface area contributed by atoms with E-state index in [0.29, 0.717) is 28.4 Å². The summed E-state index contributed by atoms with van der Waals surface area (Å²) < 4.78 is 12.9. The lowest BCUT2D eigenvalue weighted by molar-refractivity contribution is -0.140. The number of aromatic nitrogens is 2. The summed E-state index contributed by atoms with van der Waals surface area (Å²) in [7, 11) is 1.68. The van der Waals surface area contributed by atoms with Crippen molar-refractivity contribution in [2.75, 3.05) is 18.6 Å². The van der Waals surface area contributed by atoms with E-state index in [-0.39, 0.29) is 24.0 Å². The topological polar surface area (TPSA) is 99.7 Å². The van der Waals surface area contributed by atoms with E-state index < -0.39 is 11.4 Å². The van der Waals surface area contributed by atoms with Crippen LogP contribution in [0, 0.1) is 6.92 Å². The predicted octanol–water partition coefficient (Wildman–Crippen LogP) is 2.57. The highest BCUT2D eigenvalue weighted by atomic mass is 16.5. The first kappa shape index (κ1) is 19.9. The highest BCUT2D eigenvalue weighted by Gasteiger charge is 2.62. The van der Waals surface area contributed by atoms with Crippen LogP contribution >= 0.6 is 0 Å². The molecule has 0 unspecified atom stereocenters. The van der Waals surface area contributed by atoms with Crippen molar-refractivity contribution in [1.82, 2.24) is 9.78 Å². The second-order valence-corrected chi connectivity index (χ2v) is 7.71. The minimum absolute atomic E-state index is 0.0237. The second-order valence-electron chi connectivity index (χ2n) is 7.71. The smallest absolute Gasteiger partial charge is 0.341 e. The maximum absolute atomic E-state index is 14.0. The number of esters is 1. The lowest BCUT2D eigenvalue weighted by atomic mass is 9.68. The molecule has 162 valence electrons. The van der Waals surface area contributed by atoms with Gasteiger partial charge in [-0.1, -0.05) is 36.4 Å². The van der Waals surface area contributed by atoms with Gasteiger partial charge < -0.3 is 20.1 Å². The number of nitrogens with zero attached hydrogens (tertiary/aromatic N) is 3. The number of ether oxygens (including phenoxy) is 2. The van der Waals surface area contributed by atoms with Crippen molar-refractivity contribution in [3.63, 3.8) is 0 Å². The molecule has 0 aliphatic carbocycles. The SMILES string of the molecule is CCOC(=O)C1=C(N)Oc2c(c(C)nn2-c2ccccc2)[C@]12C(=O)N(C)c1ccccc12. The van der Waals surface area contributed by atoms with Gasteiger partial charge in [0.15, 0.2) is 0 Å². The summed E-state index contributed by atoms with van der Waals surface area (Å²) in [5.41, 5.74) is 7.91. The lowest BCUT2D eigenvalue weighted by Crippen LogP contribution is -2.48. The molecule has 1 atom stereocenters. The van der Waals surface area contributed by atoms with Gasteiger partial charge in [-0.15, -0.1) is 0 Å². The molecule has 0 saturated heterocycles. The molecule has 8 nitrogen and oxygen atoms in total. The van der Waals surface area contributed by atoms with Crippen LogP contribution in [0.4, 0.5) is 5.69 Å². The Morgan fingerprint density at radius 2 is 1.84 bits per heavy atom. The summed E-state index contributed by atoms with van der Waals surface area (Å²) in [6.45, 7) is 3.63. The Kier molecular flexibility index (Phi) is 4.33. The average Bonchev–Trinajstić information content (AvgIpc) is 3.23. The van der Waals surface area contributed by atoms with Gasteiger partial charge in [-0.2, -0.15) is 5.10 Å². The molecule has 2 aliphatic rings. The fourth-order valence-electron chi connectivity index (χ4n) is 4.74. The van der Waals surface area contributed by atoms with Gasteiger partial charge in [0.25, 0.3) is 0 Å².